The van der Waals surface area contributed by atoms with Gasteiger partial charge in [0.25, 0.3) is 0 Å². The van der Waals surface area contributed by atoms with Crippen LogP contribution in [0.5, 0.6) is 5.75 Å². The molecule has 0 spiro atoms. The Balaban J connectivity index is 2.07. The van der Waals surface area contributed by atoms with E-state index >= 15 is 0 Å². The number of hydrogen-bond donors (Lipinski definition) is 1. The molecule has 3 rings (SSSR count). The van der Waals surface area contributed by atoms with E-state index in [2.05, 4.69) is 9.88 Å². The molecule has 1 saturated heterocycles. The van der Waals surface area contributed by atoms with Crippen molar-refractivity contribution in [2.24, 2.45) is 0 Å². The third-order valence-corrected chi connectivity index (χ3v) is 3.38. The summed E-state index contributed by atoms with van der Waals surface area (Å²) in [6.45, 7) is 3.04. The van der Waals surface area contributed by atoms with Crippen LogP contribution in [-0.4, -0.2) is 36.4 Å². The normalized spacial score (nSPS) is 16.2. The first-order chi connectivity index (χ1) is 8.74. The molecule has 1 aromatic heterocycles. The van der Waals surface area contributed by atoms with Crippen molar-refractivity contribution in [1.29, 1.82) is 0 Å². The molecule has 1 aliphatic rings. The van der Waals surface area contributed by atoms with Gasteiger partial charge in [-0.05, 0) is 18.2 Å². The number of anilines is 1. The predicted octanol–water partition coefficient (Wildman–Crippen LogP) is 2.43. The Bertz CT molecular complexity index is 582. The Labute approximate surface area is 110 Å². The van der Waals surface area contributed by atoms with Gasteiger partial charge < -0.3 is 14.7 Å². The summed E-state index contributed by atoms with van der Waals surface area (Å²) in [7, 11) is 0. The van der Waals surface area contributed by atoms with Gasteiger partial charge in [0, 0.05) is 24.5 Å². The van der Waals surface area contributed by atoms with E-state index in [9.17, 15) is 5.11 Å². The summed E-state index contributed by atoms with van der Waals surface area (Å²) in [5, 5.41) is 11.0. The van der Waals surface area contributed by atoms with Crippen molar-refractivity contribution in [3.63, 3.8) is 0 Å². The van der Waals surface area contributed by atoms with Crippen molar-refractivity contribution in [2.45, 2.75) is 0 Å². The topological polar surface area (TPSA) is 45.6 Å². The summed E-state index contributed by atoms with van der Waals surface area (Å²) in [5.74, 6) is 1.03. The van der Waals surface area contributed by atoms with Gasteiger partial charge in [-0.15, -0.1) is 0 Å². The lowest BCUT2D eigenvalue weighted by atomic mass is 10.2. The van der Waals surface area contributed by atoms with Crippen LogP contribution in [0, 0.1) is 0 Å². The summed E-state index contributed by atoms with van der Waals surface area (Å²) in [4.78, 5) is 6.68. The lowest BCUT2D eigenvalue weighted by Crippen LogP contribution is -2.36. The maximum absolute atomic E-state index is 9.51. The van der Waals surface area contributed by atoms with Crippen LogP contribution in [0.25, 0.3) is 10.9 Å². The molecule has 1 N–H and O–H groups in total. The number of pyridine rings is 1. The molecule has 1 aliphatic heterocycles. The van der Waals surface area contributed by atoms with Crippen molar-refractivity contribution in [2.75, 3.05) is 31.2 Å². The maximum atomic E-state index is 9.51. The number of aromatic hydroxyl groups is 1. The fraction of sp³-hybridized carbons (Fsp3) is 0.308. The van der Waals surface area contributed by atoms with Crippen molar-refractivity contribution < 1.29 is 9.84 Å². The second kappa shape index (κ2) is 4.63. The third-order valence-electron chi connectivity index (χ3n) is 3.06. The van der Waals surface area contributed by atoms with Gasteiger partial charge in [-0.2, -0.15) is 0 Å². The number of rotatable bonds is 1. The van der Waals surface area contributed by atoms with Gasteiger partial charge in [0.15, 0.2) is 0 Å². The monoisotopic (exact) mass is 264 g/mol. The van der Waals surface area contributed by atoms with Crippen LogP contribution >= 0.6 is 11.6 Å². The van der Waals surface area contributed by atoms with Crippen LogP contribution in [0.15, 0.2) is 24.3 Å². The molecule has 1 aromatic carbocycles. The number of nitrogens with zero attached hydrogens (tertiary/aromatic N) is 2. The molecule has 0 bridgehead atoms. The van der Waals surface area contributed by atoms with Crippen LogP contribution in [-0.2, 0) is 4.74 Å². The molecule has 0 radical (unpaired) electrons. The number of aromatic nitrogens is 1. The van der Waals surface area contributed by atoms with E-state index < -0.39 is 0 Å². The molecule has 0 unspecified atom stereocenters. The fourth-order valence-electron chi connectivity index (χ4n) is 2.12. The average Bonchev–Trinajstić information content (AvgIpc) is 2.39. The van der Waals surface area contributed by atoms with Crippen LogP contribution in [0.3, 0.4) is 0 Å². The quantitative estimate of drug-likeness (QED) is 0.859. The van der Waals surface area contributed by atoms with Crippen LogP contribution in [0.4, 0.5) is 5.82 Å². The number of morpholine rings is 1. The summed E-state index contributed by atoms with van der Waals surface area (Å²) >= 11 is 6.25. The van der Waals surface area contributed by atoms with Crippen molar-refractivity contribution in [1.82, 2.24) is 4.98 Å². The zero-order valence-corrected chi connectivity index (χ0v) is 10.5. The number of ether oxygens (including phenoxy) is 1. The molecule has 1 fully saturated rings. The minimum Gasteiger partial charge on any atom is -0.508 e. The number of phenolic OH excluding ortho intramolecular Hbond substituents is 1. The van der Waals surface area contributed by atoms with E-state index in [1.165, 1.54) is 0 Å². The summed E-state index contributed by atoms with van der Waals surface area (Å²) in [6.07, 6.45) is 0. The molecule has 4 nitrogen and oxygen atoms in total. The van der Waals surface area contributed by atoms with Gasteiger partial charge >= 0.3 is 0 Å². The Morgan fingerprint density at radius 2 is 2.00 bits per heavy atom. The molecule has 2 aromatic rings. The first kappa shape index (κ1) is 11.6. The molecule has 94 valence electrons. The van der Waals surface area contributed by atoms with E-state index in [0.29, 0.717) is 23.8 Å². The van der Waals surface area contributed by atoms with Crippen molar-refractivity contribution >= 4 is 28.3 Å². The van der Waals surface area contributed by atoms with E-state index in [-0.39, 0.29) is 5.75 Å². The number of halogens is 1. The molecule has 18 heavy (non-hydrogen) atoms. The highest BCUT2D eigenvalue weighted by Crippen LogP contribution is 2.29. The highest BCUT2D eigenvalue weighted by Gasteiger charge is 2.14. The number of fused-ring (bicyclic) bond motifs is 1. The van der Waals surface area contributed by atoms with Gasteiger partial charge in [-0.1, -0.05) is 11.6 Å². The lowest BCUT2D eigenvalue weighted by Gasteiger charge is -2.28. The molecular formula is C13H13ClN2O2. The summed E-state index contributed by atoms with van der Waals surface area (Å²) < 4.78 is 5.32. The third kappa shape index (κ3) is 2.09. The fourth-order valence-corrected chi connectivity index (χ4v) is 2.37. The highest BCUT2D eigenvalue weighted by atomic mass is 35.5. The first-order valence-corrected chi connectivity index (χ1v) is 6.24. The van der Waals surface area contributed by atoms with Crippen molar-refractivity contribution in [3.8, 4) is 5.75 Å². The highest BCUT2D eigenvalue weighted by molar-refractivity contribution is 6.35. The Kier molecular flexibility index (Phi) is 2.97. The molecule has 0 aliphatic carbocycles. The van der Waals surface area contributed by atoms with Gasteiger partial charge in [0.1, 0.15) is 11.6 Å². The van der Waals surface area contributed by atoms with Gasteiger partial charge in [0.2, 0.25) is 0 Å². The van der Waals surface area contributed by atoms with E-state index in [1.807, 2.05) is 6.07 Å². The van der Waals surface area contributed by atoms with Crippen LogP contribution in [0.2, 0.25) is 5.02 Å². The van der Waals surface area contributed by atoms with Crippen LogP contribution < -0.4 is 4.90 Å². The molecule has 0 atom stereocenters. The van der Waals surface area contributed by atoms with E-state index in [0.717, 1.165) is 24.3 Å². The van der Waals surface area contributed by atoms with Crippen molar-refractivity contribution in [3.05, 3.63) is 29.3 Å². The zero-order valence-electron chi connectivity index (χ0n) is 9.77. The predicted molar refractivity (Wildman–Crippen MR) is 71.4 cm³/mol. The van der Waals surface area contributed by atoms with E-state index in [4.69, 9.17) is 16.3 Å². The van der Waals surface area contributed by atoms with E-state index in [1.54, 1.807) is 18.2 Å². The first-order valence-electron chi connectivity index (χ1n) is 5.86. The Morgan fingerprint density at radius 1 is 1.22 bits per heavy atom. The Hall–Kier alpha value is -1.52. The SMILES string of the molecule is Oc1ccc2c(Cl)cc(N3CCOCC3)nc2c1. The largest absolute Gasteiger partial charge is 0.508 e. The van der Waals surface area contributed by atoms with Gasteiger partial charge in [-0.25, -0.2) is 4.98 Å². The molecule has 2 heterocycles. The number of hydrogen-bond acceptors (Lipinski definition) is 4. The smallest absolute Gasteiger partial charge is 0.130 e. The Morgan fingerprint density at radius 3 is 2.78 bits per heavy atom. The summed E-state index contributed by atoms with van der Waals surface area (Å²) in [6, 6.07) is 6.89. The second-order valence-corrected chi connectivity index (χ2v) is 4.67. The standard InChI is InChI=1S/C13H13ClN2O2/c14-11-8-13(16-3-5-18-6-4-16)15-12-7-9(17)1-2-10(11)12/h1-2,7-8,17H,3-6H2. The maximum Gasteiger partial charge on any atom is 0.130 e. The molecule has 0 amide bonds. The second-order valence-electron chi connectivity index (χ2n) is 4.26. The lowest BCUT2D eigenvalue weighted by molar-refractivity contribution is 0.122. The summed E-state index contributed by atoms with van der Waals surface area (Å²) in [5.41, 5.74) is 0.712. The van der Waals surface area contributed by atoms with Gasteiger partial charge in [0.05, 0.1) is 23.8 Å². The minimum atomic E-state index is 0.199. The number of phenols is 1. The number of benzene rings is 1. The minimum absolute atomic E-state index is 0.199. The molecule has 5 heteroatoms. The zero-order chi connectivity index (χ0) is 12.5. The van der Waals surface area contributed by atoms with Gasteiger partial charge in [-0.3, -0.25) is 0 Å². The molecular weight excluding hydrogens is 252 g/mol. The van der Waals surface area contributed by atoms with Crippen LogP contribution in [0.1, 0.15) is 0 Å². The molecule has 0 saturated carbocycles. The average molecular weight is 265 g/mol.